The van der Waals surface area contributed by atoms with E-state index in [0.29, 0.717) is 31.8 Å². The van der Waals surface area contributed by atoms with Crippen LogP contribution in [-0.2, 0) is 34.3 Å². The summed E-state index contributed by atoms with van der Waals surface area (Å²) in [5.74, 6) is -0.232. The molecule has 3 rings (SSSR count). The molecular weight excluding hydrogens is 420 g/mol. The molecule has 2 aromatic heterocycles. The number of esters is 1. The van der Waals surface area contributed by atoms with E-state index in [1.807, 2.05) is 51.2 Å². The molecular formula is C25H32N4O4. The van der Waals surface area contributed by atoms with Gasteiger partial charge in [0.1, 0.15) is 0 Å². The molecule has 0 N–H and O–H groups in total. The maximum Gasteiger partial charge on any atom is 0.310 e. The Morgan fingerprint density at radius 2 is 1.85 bits per heavy atom. The number of hydrogen-bond acceptors (Lipinski definition) is 6. The number of aryl methyl sites for hydroxylation is 3. The highest BCUT2D eigenvalue weighted by atomic mass is 16.5. The number of amides is 1. The molecule has 0 radical (unpaired) electrons. The Balaban J connectivity index is 1.83. The molecule has 3 aromatic rings. The fourth-order valence-electron chi connectivity index (χ4n) is 4.16. The van der Waals surface area contributed by atoms with E-state index >= 15 is 0 Å². The van der Waals surface area contributed by atoms with Crippen molar-refractivity contribution < 1.29 is 19.1 Å². The number of fused-ring (bicyclic) bond motifs is 1. The molecule has 0 spiro atoms. The van der Waals surface area contributed by atoms with Gasteiger partial charge in [-0.2, -0.15) is 0 Å². The second kappa shape index (κ2) is 10.5. The van der Waals surface area contributed by atoms with Crippen LogP contribution in [0.4, 0.5) is 0 Å². The normalized spacial score (nSPS) is 11.9. The van der Waals surface area contributed by atoms with Crippen LogP contribution in [0.1, 0.15) is 35.7 Å². The molecule has 1 unspecified atom stereocenters. The van der Waals surface area contributed by atoms with Crippen LogP contribution in [0.5, 0.6) is 5.88 Å². The highest BCUT2D eigenvalue weighted by molar-refractivity contribution is 5.86. The Bertz CT molecular complexity index is 1140. The molecule has 0 saturated heterocycles. The zero-order chi connectivity index (χ0) is 24.1. The first-order valence-corrected chi connectivity index (χ1v) is 11.0. The number of carbonyl (C=O) groups excluding carboxylic acids is 2. The SMILES string of the molecule is COC(=O)C(C)CN(Cc1ccccc1)C(=O)CCc1c(C)nc2c(c(OC)nn2C)c1C. The average Bonchev–Trinajstić information content (AvgIpc) is 3.13. The Morgan fingerprint density at radius 3 is 2.48 bits per heavy atom. The second-order valence-corrected chi connectivity index (χ2v) is 8.32. The molecule has 0 aliphatic heterocycles. The van der Waals surface area contributed by atoms with Gasteiger partial charge >= 0.3 is 5.97 Å². The van der Waals surface area contributed by atoms with Crippen molar-refractivity contribution in [1.29, 1.82) is 0 Å². The minimum absolute atomic E-state index is 0.0216. The van der Waals surface area contributed by atoms with E-state index in [-0.39, 0.29) is 11.9 Å². The van der Waals surface area contributed by atoms with Crippen molar-refractivity contribution >= 4 is 22.9 Å². The number of carbonyl (C=O) groups is 2. The third kappa shape index (κ3) is 5.32. The smallest absolute Gasteiger partial charge is 0.310 e. The maximum atomic E-state index is 13.3. The molecule has 0 aliphatic carbocycles. The standard InChI is InChI=1S/C25H32N4O4/c1-16(25(31)33-6)14-29(15-19-10-8-7-9-11-19)21(30)13-12-20-17(2)22-23(26-18(20)3)28(4)27-24(22)32-5/h7-11,16H,12-15H2,1-6H3. The first-order valence-electron chi connectivity index (χ1n) is 11.0. The zero-order valence-electron chi connectivity index (χ0n) is 20.2. The number of rotatable bonds is 9. The number of nitrogens with zero attached hydrogens (tertiary/aromatic N) is 4. The summed E-state index contributed by atoms with van der Waals surface area (Å²) >= 11 is 0. The van der Waals surface area contributed by atoms with E-state index < -0.39 is 5.92 Å². The highest BCUT2D eigenvalue weighted by Crippen LogP contribution is 2.30. The fraction of sp³-hybridized carbons (Fsp3) is 0.440. The van der Waals surface area contributed by atoms with Gasteiger partial charge in [-0.3, -0.25) is 9.59 Å². The molecule has 1 aromatic carbocycles. The summed E-state index contributed by atoms with van der Waals surface area (Å²) in [6.07, 6.45) is 0.841. The predicted octanol–water partition coefficient (Wildman–Crippen LogP) is 3.36. The van der Waals surface area contributed by atoms with Gasteiger partial charge in [-0.1, -0.05) is 37.3 Å². The Morgan fingerprint density at radius 1 is 1.15 bits per heavy atom. The second-order valence-electron chi connectivity index (χ2n) is 8.32. The topological polar surface area (TPSA) is 86.6 Å². The van der Waals surface area contributed by atoms with Crippen molar-refractivity contribution in [1.82, 2.24) is 19.7 Å². The highest BCUT2D eigenvalue weighted by Gasteiger charge is 2.23. The van der Waals surface area contributed by atoms with Gasteiger partial charge in [0, 0.05) is 32.3 Å². The molecule has 8 nitrogen and oxygen atoms in total. The number of hydrogen-bond donors (Lipinski definition) is 0. The van der Waals surface area contributed by atoms with Crippen LogP contribution in [0.25, 0.3) is 11.0 Å². The summed E-state index contributed by atoms with van der Waals surface area (Å²) < 4.78 is 12.0. The third-order valence-corrected chi connectivity index (χ3v) is 5.97. The van der Waals surface area contributed by atoms with E-state index in [9.17, 15) is 9.59 Å². The van der Waals surface area contributed by atoms with Gasteiger partial charge in [0.25, 0.3) is 0 Å². The Hall–Kier alpha value is -3.42. The van der Waals surface area contributed by atoms with Crippen molar-refractivity contribution in [3.63, 3.8) is 0 Å². The third-order valence-electron chi connectivity index (χ3n) is 5.97. The largest absolute Gasteiger partial charge is 0.479 e. The minimum atomic E-state index is -0.413. The van der Waals surface area contributed by atoms with Crippen LogP contribution in [-0.4, -0.2) is 52.3 Å². The van der Waals surface area contributed by atoms with Crippen LogP contribution in [0.3, 0.4) is 0 Å². The number of benzene rings is 1. The summed E-state index contributed by atoms with van der Waals surface area (Å²) in [5.41, 5.74) is 4.68. The number of methoxy groups -OCH3 is 2. The summed E-state index contributed by atoms with van der Waals surface area (Å²) in [4.78, 5) is 31.7. The van der Waals surface area contributed by atoms with Crippen molar-refractivity contribution in [2.45, 2.75) is 40.2 Å². The molecule has 1 atom stereocenters. The summed E-state index contributed by atoms with van der Waals surface area (Å²) in [6.45, 7) is 6.48. The van der Waals surface area contributed by atoms with Gasteiger partial charge in [-0.25, -0.2) is 9.67 Å². The van der Waals surface area contributed by atoms with E-state index in [1.54, 1.807) is 23.6 Å². The van der Waals surface area contributed by atoms with Crippen LogP contribution < -0.4 is 4.74 Å². The average molecular weight is 453 g/mol. The van der Waals surface area contributed by atoms with Crippen molar-refractivity contribution in [2.75, 3.05) is 20.8 Å². The van der Waals surface area contributed by atoms with Crippen molar-refractivity contribution in [3.8, 4) is 5.88 Å². The van der Waals surface area contributed by atoms with Gasteiger partial charge in [0.15, 0.2) is 5.65 Å². The fourth-order valence-corrected chi connectivity index (χ4v) is 4.16. The molecule has 33 heavy (non-hydrogen) atoms. The lowest BCUT2D eigenvalue weighted by molar-refractivity contribution is -0.146. The van der Waals surface area contributed by atoms with E-state index in [4.69, 9.17) is 14.5 Å². The van der Waals surface area contributed by atoms with Gasteiger partial charge < -0.3 is 14.4 Å². The van der Waals surface area contributed by atoms with Crippen LogP contribution in [0.15, 0.2) is 30.3 Å². The predicted molar refractivity (Wildman–Crippen MR) is 126 cm³/mol. The number of aromatic nitrogens is 3. The molecule has 0 aliphatic rings. The minimum Gasteiger partial charge on any atom is -0.479 e. The first-order chi connectivity index (χ1) is 15.8. The molecule has 176 valence electrons. The van der Waals surface area contributed by atoms with E-state index in [1.165, 1.54) is 7.11 Å². The van der Waals surface area contributed by atoms with Gasteiger partial charge in [-0.05, 0) is 37.0 Å². The Labute approximate surface area is 194 Å². The van der Waals surface area contributed by atoms with Crippen molar-refractivity contribution in [3.05, 3.63) is 52.7 Å². The van der Waals surface area contributed by atoms with Crippen molar-refractivity contribution in [2.24, 2.45) is 13.0 Å². The molecule has 0 bridgehead atoms. The van der Waals surface area contributed by atoms with Gasteiger partial charge in [0.05, 0.1) is 25.5 Å². The number of ether oxygens (including phenoxy) is 2. The molecule has 2 heterocycles. The van der Waals surface area contributed by atoms with E-state index in [0.717, 1.165) is 33.4 Å². The zero-order valence-corrected chi connectivity index (χ0v) is 20.2. The lowest BCUT2D eigenvalue weighted by Gasteiger charge is -2.25. The van der Waals surface area contributed by atoms with Crippen LogP contribution in [0, 0.1) is 19.8 Å². The molecule has 1 amide bonds. The summed E-state index contributed by atoms with van der Waals surface area (Å²) in [5, 5.41) is 5.26. The molecule has 0 fully saturated rings. The molecule has 8 heteroatoms. The first kappa shape index (κ1) is 24.2. The van der Waals surface area contributed by atoms with Crippen LogP contribution in [0.2, 0.25) is 0 Å². The lowest BCUT2D eigenvalue weighted by Crippen LogP contribution is -2.37. The summed E-state index contributed by atoms with van der Waals surface area (Å²) in [6, 6.07) is 9.77. The van der Waals surface area contributed by atoms with E-state index in [2.05, 4.69) is 5.10 Å². The maximum absolute atomic E-state index is 13.3. The number of pyridine rings is 1. The summed E-state index contributed by atoms with van der Waals surface area (Å²) in [7, 11) is 4.79. The monoisotopic (exact) mass is 452 g/mol. The Kier molecular flexibility index (Phi) is 7.68. The molecule has 0 saturated carbocycles. The van der Waals surface area contributed by atoms with Gasteiger partial charge in [0.2, 0.25) is 11.8 Å². The quantitative estimate of drug-likeness (QED) is 0.463. The lowest BCUT2D eigenvalue weighted by atomic mass is 9.99. The van der Waals surface area contributed by atoms with Crippen LogP contribution >= 0.6 is 0 Å². The van der Waals surface area contributed by atoms with Gasteiger partial charge in [-0.15, -0.1) is 5.10 Å².